The number of benzene rings is 1. The monoisotopic (exact) mass is 363 g/mol. The zero-order valence-electron chi connectivity index (χ0n) is 15.8. The van der Waals surface area contributed by atoms with Crippen LogP contribution in [-0.4, -0.2) is 25.8 Å². The SMILES string of the molecule is CCCCCCCC=CS(=O)(=O)N1CCC(c2ccc(C)cc2)CC1. The van der Waals surface area contributed by atoms with Crippen molar-refractivity contribution in [2.45, 2.75) is 71.1 Å². The van der Waals surface area contributed by atoms with Crippen LogP contribution in [0.5, 0.6) is 0 Å². The predicted molar refractivity (Wildman–Crippen MR) is 106 cm³/mol. The molecule has 1 aliphatic rings. The highest BCUT2D eigenvalue weighted by atomic mass is 32.2. The first-order valence-corrected chi connectivity index (χ1v) is 11.3. The lowest BCUT2D eigenvalue weighted by molar-refractivity contribution is 0.322. The van der Waals surface area contributed by atoms with Gasteiger partial charge in [-0.1, -0.05) is 68.5 Å². The summed E-state index contributed by atoms with van der Waals surface area (Å²) in [6.07, 6.45) is 10.6. The van der Waals surface area contributed by atoms with Crippen LogP contribution in [0.4, 0.5) is 0 Å². The van der Waals surface area contributed by atoms with E-state index in [4.69, 9.17) is 0 Å². The molecular weight excluding hydrogens is 330 g/mol. The quantitative estimate of drug-likeness (QED) is 0.552. The van der Waals surface area contributed by atoms with Crippen molar-refractivity contribution in [1.82, 2.24) is 4.31 Å². The summed E-state index contributed by atoms with van der Waals surface area (Å²) < 4.78 is 26.5. The highest BCUT2D eigenvalue weighted by molar-refractivity contribution is 7.92. The minimum absolute atomic E-state index is 0.481. The first kappa shape index (κ1) is 20.2. The summed E-state index contributed by atoms with van der Waals surface area (Å²) >= 11 is 0. The second-order valence-electron chi connectivity index (χ2n) is 7.20. The number of sulfonamides is 1. The van der Waals surface area contributed by atoms with Crippen molar-refractivity contribution in [2.24, 2.45) is 0 Å². The largest absolute Gasteiger partial charge is 0.235 e. The maximum Gasteiger partial charge on any atom is 0.235 e. The molecule has 0 aromatic heterocycles. The number of piperidine rings is 1. The van der Waals surface area contributed by atoms with Crippen LogP contribution in [0.3, 0.4) is 0 Å². The molecule has 140 valence electrons. The van der Waals surface area contributed by atoms with E-state index in [1.165, 1.54) is 42.2 Å². The van der Waals surface area contributed by atoms with Gasteiger partial charge in [0.1, 0.15) is 0 Å². The van der Waals surface area contributed by atoms with Gasteiger partial charge in [-0.15, -0.1) is 0 Å². The molecule has 0 amide bonds. The third-order valence-electron chi connectivity index (χ3n) is 5.11. The highest BCUT2D eigenvalue weighted by Gasteiger charge is 2.26. The molecule has 0 N–H and O–H groups in total. The zero-order chi connectivity index (χ0) is 18.1. The number of hydrogen-bond donors (Lipinski definition) is 0. The summed E-state index contributed by atoms with van der Waals surface area (Å²) in [4.78, 5) is 0. The van der Waals surface area contributed by atoms with Crippen molar-refractivity contribution in [3.63, 3.8) is 0 Å². The van der Waals surface area contributed by atoms with Gasteiger partial charge in [-0.2, -0.15) is 4.31 Å². The van der Waals surface area contributed by atoms with E-state index in [1.54, 1.807) is 4.31 Å². The van der Waals surface area contributed by atoms with Gasteiger partial charge in [0.2, 0.25) is 10.0 Å². The Kier molecular flexibility index (Phi) is 8.17. The average Bonchev–Trinajstić information content (AvgIpc) is 2.62. The normalized spacial score (nSPS) is 17.4. The number of hydrogen-bond acceptors (Lipinski definition) is 2. The molecular formula is C21H33NO2S. The Hall–Kier alpha value is -1.13. The molecule has 1 heterocycles. The second-order valence-corrected chi connectivity index (χ2v) is 9.02. The molecule has 1 aromatic carbocycles. The maximum atomic E-state index is 12.4. The summed E-state index contributed by atoms with van der Waals surface area (Å²) in [5.74, 6) is 0.481. The van der Waals surface area contributed by atoms with Crippen molar-refractivity contribution in [2.75, 3.05) is 13.1 Å². The van der Waals surface area contributed by atoms with Crippen LogP contribution in [-0.2, 0) is 10.0 Å². The maximum absolute atomic E-state index is 12.4. The van der Waals surface area contributed by atoms with Crippen LogP contribution in [0, 0.1) is 6.92 Å². The van der Waals surface area contributed by atoms with Gasteiger partial charge in [0.25, 0.3) is 0 Å². The minimum atomic E-state index is -3.24. The average molecular weight is 364 g/mol. The van der Waals surface area contributed by atoms with Gasteiger partial charge in [-0.05, 0) is 44.1 Å². The van der Waals surface area contributed by atoms with Gasteiger partial charge in [0.05, 0.1) is 0 Å². The lowest BCUT2D eigenvalue weighted by Gasteiger charge is -2.30. The molecule has 3 nitrogen and oxygen atoms in total. The summed E-state index contributed by atoms with van der Waals surface area (Å²) in [5.41, 5.74) is 2.61. The van der Waals surface area contributed by atoms with E-state index in [0.29, 0.717) is 19.0 Å². The van der Waals surface area contributed by atoms with E-state index < -0.39 is 10.0 Å². The second kappa shape index (κ2) is 10.1. The lowest BCUT2D eigenvalue weighted by Crippen LogP contribution is -2.36. The molecule has 0 aliphatic carbocycles. The van der Waals surface area contributed by atoms with Crippen LogP contribution in [0.25, 0.3) is 0 Å². The Balaban J connectivity index is 1.77. The Morgan fingerprint density at radius 2 is 1.68 bits per heavy atom. The van der Waals surface area contributed by atoms with Crippen LogP contribution < -0.4 is 0 Å². The molecule has 0 atom stereocenters. The summed E-state index contributed by atoms with van der Waals surface area (Å²) in [6.45, 7) is 5.55. The van der Waals surface area contributed by atoms with Crippen molar-refractivity contribution < 1.29 is 8.42 Å². The molecule has 0 spiro atoms. The number of allylic oxidation sites excluding steroid dienone is 1. The minimum Gasteiger partial charge on any atom is -0.208 e. The first-order chi connectivity index (χ1) is 12.0. The third-order valence-corrected chi connectivity index (χ3v) is 6.73. The fourth-order valence-corrected chi connectivity index (χ4v) is 4.69. The van der Waals surface area contributed by atoms with Gasteiger partial charge < -0.3 is 0 Å². The van der Waals surface area contributed by atoms with E-state index in [9.17, 15) is 8.42 Å². The summed E-state index contributed by atoms with van der Waals surface area (Å²) in [7, 11) is -3.24. The number of rotatable bonds is 9. The molecule has 1 aliphatic heterocycles. The number of nitrogens with zero attached hydrogens (tertiary/aromatic N) is 1. The molecule has 1 fully saturated rings. The van der Waals surface area contributed by atoms with Crippen molar-refractivity contribution >= 4 is 10.0 Å². The van der Waals surface area contributed by atoms with Crippen molar-refractivity contribution in [1.29, 1.82) is 0 Å². The van der Waals surface area contributed by atoms with Gasteiger partial charge in [-0.3, -0.25) is 0 Å². The van der Waals surface area contributed by atoms with Crippen molar-refractivity contribution in [3.05, 3.63) is 46.9 Å². The van der Waals surface area contributed by atoms with E-state index in [1.807, 2.05) is 6.08 Å². The Labute approximate surface area is 154 Å². The van der Waals surface area contributed by atoms with Crippen LogP contribution in [0.1, 0.15) is 75.3 Å². The van der Waals surface area contributed by atoms with E-state index in [-0.39, 0.29) is 0 Å². The molecule has 1 saturated heterocycles. The topological polar surface area (TPSA) is 37.4 Å². The van der Waals surface area contributed by atoms with E-state index in [0.717, 1.165) is 25.7 Å². The molecule has 4 heteroatoms. The van der Waals surface area contributed by atoms with Gasteiger partial charge >= 0.3 is 0 Å². The van der Waals surface area contributed by atoms with Gasteiger partial charge in [0, 0.05) is 18.5 Å². The molecule has 0 radical (unpaired) electrons. The van der Waals surface area contributed by atoms with Crippen molar-refractivity contribution in [3.8, 4) is 0 Å². The molecule has 2 rings (SSSR count). The number of unbranched alkanes of at least 4 members (excludes halogenated alkanes) is 5. The Morgan fingerprint density at radius 1 is 1.04 bits per heavy atom. The molecule has 25 heavy (non-hydrogen) atoms. The summed E-state index contributed by atoms with van der Waals surface area (Å²) in [6, 6.07) is 8.65. The predicted octanol–water partition coefficient (Wildman–Crippen LogP) is 5.38. The fourth-order valence-electron chi connectivity index (χ4n) is 3.42. The van der Waals surface area contributed by atoms with E-state index >= 15 is 0 Å². The van der Waals surface area contributed by atoms with Crippen LogP contribution >= 0.6 is 0 Å². The Bertz CT molecular complexity index is 626. The zero-order valence-corrected chi connectivity index (χ0v) is 16.6. The Morgan fingerprint density at radius 3 is 2.32 bits per heavy atom. The molecule has 1 aromatic rings. The fraction of sp³-hybridized carbons (Fsp3) is 0.619. The van der Waals surface area contributed by atoms with Gasteiger partial charge in [0.15, 0.2) is 0 Å². The smallest absolute Gasteiger partial charge is 0.208 e. The first-order valence-electron chi connectivity index (χ1n) is 9.76. The molecule has 0 saturated carbocycles. The van der Waals surface area contributed by atoms with Crippen LogP contribution in [0.2, 0.25) is 0 Å². The molecule has 0 unspecified atom stereocenters. The lowest BCUT2D eigenvalue weighted by atomic mass is 9.90. The van der Waals surface area contributed by atoms with E-state index in [2.05, 4.69) is 38.1 Å². The highest BCUT2D eigenvalue weighted by Crippen LogP contribution is 2.29. The third kappa shape index (κ3) is 6.59. The standard InChI is InChI=1S/C21H33NO2S/c1-3-4-5-6-7-8-9-18-25(23,24)22-16-14-21(15-17-22)20-12-10-19(2)11-13-20/h9-13,18,21H,3-8,14-17H2,1-2H3. The molecule has 0 bridgehead atoms. The summed E-state index contributed by atoms with van der Waals surface area (Å²) in [5, 5.41) is 1.43. The van der Waals surface area contributed by atoms with Gasteiger partial charge in [-0.25, -0.2) is 8.42 Å². The number of aryl methyl sites for hydroxylation is 1. The van der Waals surface area contributed by atoms with Crippen LogP contribution in [0.15, 0.2) is 35.7 Å².